The lowest BCUT2D eigenvalue weighted by Gasteiger charge is -2.29. The lowest BCUT2D eigenvalue weighted by atomic mass is 9.77. The Morgan fingerprint density at radius 3 is 2.56 bits per heavy atom. The monoisotopic (exact) mass is 227 g/mol. The number of hydrogen-bond acceptors (Lipinski definition) is 2. The summed E-state index contributed by atoms with van der Waals surface area (Å²) in [5.74, 6) is 0.903. The van der Waals surface area contributed by atoms with Crippen molar-refractivity contribution in [1.29, 1.82) is 0 Å². The second kappa shape index (κ2) is 6.61. The molecule has 2 nitrogen and oxygen atoms in total. The molecule has 2 heteroatoms. The standard InChI is InChI=1S/C14H29NO/c1-14(2,3)13-7-5-9-15(11-8-13)10-6-12-16-4/h13H,5-12H2,1-4H3/t13-/m0/s1. The van der Waals surface area contributed by atoms with Crippen LogP contribution >= 0.6 is 0 Å². The van der Waals surface area contributed by atoms with Crippen LogP contribution in [-0.4, -0.2) is 38.3 Å². The zero-order valence-corrected chi connectivity index (χ0v) is 11.6. The second-order valence-electron chi connectivity index (χ2n) is 6.18. The summed E-state index contributed by atoms with van der Waals surface area (Å²) in [5.41, 5.74) is 0.489. The van der Waals surface area contributed by atoms with Crippen molar-refractivity contribution in [1.82, 2.24) is 4.90 Å². The Kier molecular flexibility index (Phi) is 5.77. The second-order valence-corrected chi connectivity index (χ2v) is 6.18. The van der Waals surface area contributed by atoms with Gasteiger partial charge in [0.05, 0.1) is 0 Å². The van der Waals surface area contributed by atoms with Crippen LogP contribution in [0.25, 0.3) is 0 Å². The summed E-state index contributed by atoms with van der Waals surface area (Å²) in [7, 11) is 1.79. The van der Waals surface area contributed by atoms with Crippen LogP contribution in [0, 0.1) is 11.3 Å². The zero-order chi connectivity index (χ0) is 12.0. The van der Waals surface area contributed by atoms with Crippen molar-refractivity contribution in [3.05, 3.63) is 0 Å². The Bertz CT molecular complexity index is 186. The van der Waals surface area contributed by atoms with Gasteiger partial charge in [-0.2, -0.15) is 0 Å². The van der Waals surface area contributed by atoms with Crippen molar-refractivity contribution in [2.75, 3.05) is 33.4 Å². The first-order valence-corrected chi connectivity index (χ1v) is 6.75. The fourth-order valence-electron chi connectivity index (χ4n) is 2.68. The lowest BCUT2D eigenvalue weighted by molar-refractivity contribution is 0.169. The molecule has 0 unspecified atom stereocenters. The molecule has 0 aliphatic carbocycles. The molecule has 0 saturated carbocycles. The summed E-state index contributed by atoms with van der Waals surface area (Å²) in [6.45, 7) is 11.8. The van der Waals surface area contributed by atoms with Crippen LogP contribution in [0.15, 0.2) is 0 Å². The first kappa shape index (κ1) is 14.0. The van der Waals surface area contributed by atoms with Crippen LogP contribution in [0.1, 0.15) is 46.5 Å². The SMILES string of the molecule is COCCCN1CCC[C@H](C(C)(C)C)CC1. The number of nitrogens with zero attached hydrogens (tertiary/aromatic N) is 1. The Hall–Kier alpha value is -0.0800. The first-order valence-electron chi connectivity index (χ1n) is 6.75. The highest BCUT2D eigenvalue weighted by Crippen LogP contribution is 2.34. The maximum Gasteiger partial charge on any atom is 0.0474 e. The van der Waals surface area contributed by atoms with Gasteiger partial charge < -0.3 is 9.64 Å². The van der Waals surface area contributed by atoms with Gasteiger partial charge in [-0.05, 0) is 50.1 Å². The summed E-state index contributed by atoms with van der Waals surface area (Å²) >= 11 is 0. The van der Waals surface area contributed by atoms with Gasteiger partial charge in [-0.15, -0.1) is 0 Å². The summed E-state index contributed by atoms with van der Waals surface area (Å²) in [6, 6.07) is 0. The van der Waals surface area contributed by atoms with Gasteiger partial charge in [0.1, 0.15) is 0 Å². The summed E-state index contributed by atoms with van der Waals surface area (Å²) in [4.78, 5) is 2.62. The third-order valence-electron chi connectivity index (χ3n) is 3.87. The van der Waals surface area contributed by atoms with E-state index in [0.29, 0.717) is 5.41 Å². The van der Waals surface area contributed by atoms with E-state index in [2.05, 4.69) is 25.7 Å². The number of methoxy groups -OCH3 is 1. The summed E-state index contributed by atoms with van der Waals surface area (Å²) in [6.07, 6.45) is 5.33. The minimum atomic E-state index is 0.489. The molecule has 0 bridgehead atoms. The summed E-state index contributed by atoms with van der Waals surface area (Å²) < 4.78 is 5.11. The number of likely N-dealkylation sites (tertiary alicyclic amines) is 1. The van der Waals surface area contributed by atoms with Crippen molar-refractivity contribution >= 4 is 0 Å². The molecule has 0 radical (unpaired) electrons. The maximum atomic E-state index is 5.11. The molecule has 1 rings (SSSR count). The predicted molar refractivity (Wildman–Crippen MR) is 69.7 cm³/mol. The van der Waals surface area contributed by atoms with Crippen molar-refractivity contribution < 1.29 is 4.74 Å². The van der Waals surface area contributed by atoms with Crippen molar-refractivity contribution in [2.24, 2.45) is 11.3 Å². The Balaban J connectivity index is 2.29. The van der Waals surface area contributed by atoms with E-state index in [1.165, 1.54) is 45.3 Å². The van der Waals surface area contributed by atoms with E-state index in [1.54, 1.807) is 7.11 Å². The molecule has 0 N–H and O–H groups in total. The van der Waals surface area contributed by atoms with Crippen LogP contribution < -0.4 is 0 Å². The van der Waals surface area contributed by atoms with Gasteiger partial charge in [0.15, 0.2) is 0 Å². The zero-order valence-electron chi connectivity index (χ0n) is 11.6. The van der Waals surface area contributed by atoms with E-state index < -0.39 is 0 Å². The average Bonchev–Trinajstić information content (AvgIpc) is 2.43. The Labute approximate surface area is 101 Å². The molecule has 1 aliphatic rings. The molecular formula is C14H29NO. The van der Waals surface area contributed by atoms with Crippen molar-refractivity contribution in [3.63, 3.8) is 0 Å². The lowest BCUT2D eigenvalue weighted by Crippen LogP contribution is -2.27. The van der Waals surface area contributed by atoms with Crippen LogP contribution in [0.5, 0.6) is 0 Å². The molecule has 0 aromatic heterocycles. The molecule has 1 fully saturated rings. The molecule has 1 aliphatic heterocycles. The van der Waals surface area contributed by atoms with Crippen LogP contribution in [0.4, 0.5) is 0 Å². The largest absolute Gasteiger partial charge is 0.385 e. The van der Waals surface area contributed by atoms with Gasteiger partial charge in [0.25, 0.3) is 0 Å². The minimum absolute atomic E-state index is 0.489. The Morgan fingerprint density at radius 2 is 1.94 bits per heavy atom. The fourth-order valence-corrected chi connectivity index (χ4v) is 2.68. The first-order chi connectivity index (χ1) is 7.54. The molecule has 0 aromatic rings. The predicted octanol–water partition coefficient (Wildman–Crippen LogP) is 3.17. The number of ether oxygens (including phenoxy) is 1. The van der Waals surface area contributed by atoms with Crippen LogP contribution in [0.3, 0.4) is 0 Å². The third-order valence-corrected chi connectivity index (χ3v) is 3.87. The molecule has 0 amide bonds. The topological polar surface area (TPSA) is 12.5 Å². The molecule has 16 heavy (non-hydrogen) atoms. The van der Waals surface area contributed by atoms with E-state index in [9.17, 15) is 0 Å². The fraction of sp³-hybridized carbons (Fsp3) is 1.00. The van der Waals surface area contributed by atoms with E-state index in [0.717, 1.165) is 12.5 Å². The van der Waals surface area contributed by atoms with Crippen molar-refractivity contribution in [2.45, 2.75) is 46.5 Å². The molecule has 1 heterocycles. The number of hydrogen-bond donors (Lipinski definition) is 0. The van der Waals surface area contributed by atoms with Crippen molar-refractivity contribution in [3.8, 4) is 0 Å². The summed E-state index contributed by atoms with van der Waals surface area (Å²) in [5, 5.41) is 0. The van der Waals surface area contributed by atoms with E-state index in [4.69, 9.17) is 4.74 Å². The van der Waals surface area contributed by atoms with E-state index in [1.807, 2.05) is 0 Å². The smallest absolute Gasteiger partial charge is 0.0474 e. The van der Waals surface area contributed by atoms with Gasteiger partial charge in [0.2, 0.25) is 0 Å². The highest BCUT2D eigenvalue weighted by atomic mass is 16.5. The van der Waals surface area contributed by atoms with Crippen LogP contribution in [-0.2, 0) is 4.74 Å². The third kappa shape index (κ3) is 4.84. The minimum Gasteiger partial charge on any atom is -0.385 e. The maximum absolute atomic E-state index is 5.11. The van der Waals surface area contributed by atoms with Crippen LogP contribution in [0.2, 0.25) is 0 Å². The quantitative estimate of drug-likeness (QED) is 0.684. The molecular weight excluding hydrogens is 198 g/mol. The van der Waals surface area contributed by atoms with Gasteiger partial charge in [-0.25, -0.2) is 0 Å². The molecule has 0 spiro atoms. The normalized spacial score (nSPS) is 24.4. The number of rotatable bonds is 4. The molecule has 1 saturated heterocycles. The molecule has 96 valence electrons. The van der Waals surface area contributed by atoms with Gasteiger partial charge in [-0.1, -0.05) is 20.8 Å². The Morgan fingerprint density at radius 1 is 1.19 bits per heavy atom. The highest BCUT2D eigenvalue weighted by molar-refractivity contribution is 4.78. The highest BCUT2D eigenvalue weighted by Gasteiger charge is 2.26. The van der Waals surface area contributed by atoms with Gasteiger partial charge in [-0.3, -0.25) is 0 Å². The van der Waals surface area contributed by atoms with E-state index in [-0.39, 0.29) is 0 Å². The average molecular weight is 227 g/mol. The van der Waals surface area contributed by atoms with Gasteiger partial charge in [0, 0.05) is 20.3 Å². The molecule has 0 aromatic carbocycles. The van der Waals surface area contributed by atoms with E-state index >= 15 is 0 Å². The molecule has 1 atom stereocenters. The van der Waals surface area contributed by atoms with Gasteiger partial charge >= 0.3 is 0 Å².